The van der Waals surface area contributed by atoms with Gasteiger partial charge in [0.15, 0.2) is 18.2 Å². The summed E-state index contributed by atoms with van der Waals surface area (Å²) in [5, 5.41) is 6.02. The van der Waals surface area contributed by atoms with Crippen LogP contribution in [0.1, 0.15) is 32.9 Å². The Labute approximate surface area is 251 Å². The number of hydrogen-bond donors (Lipinski definition) is 2. The highest BCUT2D eigenvalue weighted by atomic mass is 19.1. The average molecular weight is 596 g/mol. The first-order valence-electron chi connectivity index (χ1n) is 14.5. The number of anilines is 2. The van der Waals surface area contributed by atoms with Gasteiger partial charge < -0.3 is 29.6 Å². The summed E-state index contributed by atoms with van der Waals surface area (Å²) in [6.07, 6.45) is 2.49. The van der Waals surface area contributed by atoms with E-state index >= 15 is 0 Å². The average Bonchev–Trinajstić information content (AvgIpc) is 3.60. The zero-order valence-corrected chi connectivity index (χ0v) is 23.9. The number of benzene rings is 2. The topological polar surface area (TPSA) is 124 Å². The van der Waals surface area contributed by atoms with Gasteiger partial charge in [0.1, 0.15) is 24.3 Å². The van der Waals surface area contributed by atoms with Gasteiger partial charge in [-0.25, -0.2) is 19.2 Å². The van der Waals surface area contributed by atoms with Gasteiger partial charge in [0.25, 0.3) is 11.8 Å². The van der Waals surface area contributed by atoms with Crippen molar-refractivity contribution in [3.05, 3.63) is 71.2 Å². The SMILES string of the molecule is CC(COc1cc(F)c2c(c1)CC(CNCCC1CN(c3cnc4c(n3)NC(=O)CO4)C(=O)O1)C2)OCc1ccccc1.[HH].[HH]. The second-order valence-electron chi connectivity index (χ2n) is 11.1. The molecule has 2 aromatic carbocycles. The van der Waals surface area contributed by atoms with Crippen molar-refractivity contribution in [2.45, 2.75) is 45.0 Å². The summed E-state index contributed by atoms with van der Waals surface area (Å²) in [6, 6.07) is 13.3. The molecule has 2 amide bonds. The standard InChI is InChI=1S/C31H34FN5O6.2H2/c1-19(40-17-20-5-3-2-4-6-20)16-41-24-11-22-9-21(10-25(22)26(32)12-24)13-33-8-7-23-15-37(31(39)43-23)27-14-34-30-29(35-27)36-28(38)18-42-30;;/h2-6,11-12,14,19,21,23,33H,7-10,13,15-18H2,1H3,(H,35,36,38);2*1H. The monoisotopic (exact) mass is 595 g/mol. The first-order valence-corrected chi connectivity index (χ1v) is 14.5. The molecule has 11 nitrogen and oxygen atoms in total. The zero-order valence-electron chi connectivity index (χ0n) is 23.9. The second-order valence-corrected chi connectivity index (χ2v) is 11.1. The molecular weight excluding hydrogens is 557 g/mol. The highest BCUT2D eigenvalue weighted by Gasteiger charge is 2.34. The Morgan fingerprint density at radius 1 is 1.23 bits per heavy atom. The molecule has 0 saturated carbocycles. The lowest BCUT2D eigenvalue weighted by atomic mass is 10.1. The molecule has 1 saturated heterocycles. The van der Waals surface area contributed by atoms with Crippen LogP contribution < -0.4 is 25.0 Å². The Hall–Kier alpha value is -4.29. The first kappa shape index (κ1) is 28.8. The Balaban J connectivity index is 0.00000230. The van der Waals surface area contributed by atoms with E-state index in [4.69, 9.17) is 18.9 Å². The van der Waals surface area contributed by atoms with Crippen molar-refractivity contribution in [1.29, 1.82) is 0 Å². The normalized spacial score (nSPS) is 19.7. The van der Waals surface area contributed by atoms with E-state index in [1.54, 1.807) is 0 Å². The summed E-state index contributed by atoms with van der Waals surface area (Å²) in [7, 11) is 0. The van der Waals surface area contributed by atoms with Crippen LogP contribution in [0.2, 0.25) is 0 Å². The van der Waals surface area contributed by atoms with Gasteiger partial charge in [-0.3, -0.25) is 9.69 Å². The third-order valence-corrected chi connectivity index (χ3v) is 7.68. The molecule has 230 valence electrons. The molecule has 3 aromatic rings. The summed E-state index contributed by atoms with van der Waals surface area (Å²) in [6.45, 7) is 4.33. The molecule has 2 aliphatic heterocycles. The first-order chi connectivity index (χ1) is 20.9. The number of ether oxygens (including phenoxy) is 4. The Morgan fingerprint density at radius 2 is 2.09 bits per heavy atom. The smallest absolute Gasteiger partial charge is 0.415 e. The molecule has 0 spiro atoms. The van der Waals surface area contributed by atoms with Crippen LogP contribution in [0, 0.1) is 11.7 Å². The predicted octanol–water partition coefficient (Wildman–Crippen LogP) is 4.14. The van der Waals surface area contributed by atoms with Gasteiger partial charge in [0, 0.05) is 8.92 Å². The molecular formula is C31H38FN5O6. The van der Waals surface area contributed by atoms with Crippen LogP contribution in [0.15, 0.2) is 48.7 Å². The van der Waals surface area contributed by atoms with Crippen molar-refractivity contribution >= 4 is 23.6 Å². The fraction of sp³-hybridized carbons (Fsp3) is 0.419. The Bertz CT molecular complexity index is 1490. The van der Waals surface area contributed by atoms with Crippen molar-refractivity contribution in [2.75, 3.05) is 43.1 Å². The fourth-order valence-electron chi connectivity index (χ4n) is 5.47. The molecule has 12 heteroatoms. The molecule has 3 aliphatic rings. The van der Waals surface area contributed by atoms with E-state index in [2.05, 4.69) is 20.6 Å². The van der Waals surface area contributed by atoms with Crippen LogP contribution in [0.5, 0.6) is 11.6 Å². The lowest BCUT2D eigenvalue weighted by molar-refractivity contribution is -0.118. The molecule has 3 unspecified atom stereocenters. The lowest BCUT2D eigenvalue weighted by Crippen LogP contribution is -2.30. The minimum Gasteiger partial charge on any atom is -0.491 e. The zero-order chi connectivity index (χ0) is 29.8. The van der Waals surface area contributed by atoms with Crippen molar-refractivity contribution in [3.63, 3.8) is 0 Å². The minimum absolute atomic E-state index is 0. The van der Waals surface area contributed by atoms with Gasteiger partial charge >= 0.3 is 6.09 Å². The van der Waals surface area contributed by atoms with Gasteiger partial charge in [-0.05, 0) is 68.0 Å². The fourth-order valence-corrected chi connectivity index (χ4v) is 5.47. The Morgan fingerprint density at radius 3 is 2.95 bits per heavy atom. The molecule has 1 fully saturated rings. The lowest BCUT2D eigenvalue weighted by Gasteiger charge is -2.18. The van der Waals surface area contributed by atoms with E-state index in [9.17, 15) is 14.0 Å². The summed E-state index contributed by atoms with van der Waals surface area (Å²) in [5.41, 5.74) is 2.82. The van der Waals surface area contributed by atoms with Crippen LogP contribution >= 0.6 is 0 Å². The predicted molar refractivity (Wildman–Crippen MR) is 159 cm³/mol. The number of aromatic nitrogens is 2. The number of rotatable bonds is 12. The maximum absolute atomic E-state index is 14.9. The van der Waals surface area contributed by atoms with Crippen molar-refractivity contribution in [1.82, 2.24) is 15.3 Å². The highest BCUT2D eigenvalue weighted by molar-refractivity contribution is 5.94. The number of amides is 2. The van der Waals surface area contributed by atoms with Crippen molar-refractivity contribution in [2.24, 2.45) is 5.92 Å². The maximum Gasteiger partial charge on any atom is 0.415 e. The third-order valence-electron chi connectivity index (χ3n) is 7.68. The van der Waals surface area contributed by atoms with Crippen LogP contribution in [0.3, 0.4) is 0 Å². The van der Waals surface area contributed by atoms with Gasteiger partial charge in [-0.1, -0.05) is 30.3 Å². The molecule has 6 rings (SSSR count). The van der Waals surface area contributed by atoms with Gasteiger partial charge in [-0.2, -0.15) is 0 Å². The summed E-state index contributed by atoms with van der Waals surface area (Å²) in [5.74, 6) is 0.902. The highest BCUT2D eigenvalue weighted by Crippen LogP contribution is 2.32. The third kappa shape index (κ3) is 7.03. The molecule has 0 bridgehead atoms. The van der Waals surface area contributed by atoms with Gasteiger partial charge in [0.05, 0.1) is 25.5 Å². The number of carbonyl (C=O) groups excluding carboxylic acids is 2. The van der Waals surface area contributed by atoms with Gasteiger partial charge in [-0.15, -0.1) is 0 Å². The number of hydrogen-bond acceptors (Lipinski definition) is 9. The van der Waals surface area contributed by atoms with Crippen LogP contribution in [-0.4, -0.2) is 67.0 Å². The van der Waals surface area contributed by atoms with E-state index in [0.29, 0.717) is 44.9 Å². The van der Waals surface area contributed by atoms with Crippen molar-refractivity contribution < 1.29 is 35.8 Å². The molecule has 3 heterocycles. The van der Waals surface area contributed by atoms with E-state index in [1.165, 1.54) is 17.2 Å². The summed E-state index contributed by atoms with van der Waals surface area (Å²) >= 11 is 0. The molecule has 0 radical (unpaired) electrons. The molecule has 43 heavy (non-hydrogen) atoms. The number of nitrogens with one attached hydrogen (secondary N) is 2. The molecule has 2 N–H and O–H groups in total. The number of fused-ring (bicyclic) bond motifs is 2. The van der Waals surface area contributed by atoms with E-state index < -0.39 is 6.09 Å². The maximum atomic E-state index is 14.9. The summed E-state index contributed by atoms with van der Waals surface area (Å²) < 4.78 is 37.4. The van der Waals surface area contributed by atoms with E-state index in [1.807, 2.05) is 43.3 Å². The second kappa shape index (κ2) is 12.9. The van der Waals surface area contributed by atoms with Crippen LogP contribution in [0.25, 0.3) is 0 Å². The van der Waals surface area contributed by atoms with E-state index in [0.717, 1.165) is 29.7 Å². The van der Waals surface area contributed by atoms with E-state index in [-0.39, 0.29) is 56.8 Å². The number of halogens is 1. The van der Waals surface area contributed by atoms with Crippen LogP contribution in [0.4, 0.5) is 20.8 Å². The molecule has 3 atom stereocenters. The Kier molecular flexibility index (Phi) is 8.66. The number of cyclic esters (lactones) is 1. The molecule has 1 aromatic heterocycles. The minimum atomic E-state index is -0.515. The van der Waals surface area contributed by atoms with Crippen molar-refractivity contribution in [3.8, 4) is 11.6 Å². The molecule has 1 aliphatic carbocycles. The number of nitrogens with zero attached hydrogens (tertiary/aromatic N) is 3. The largest absolute Gasteiger partial charge is 0.491 e. The quantitative estimate of drug-likeness (QED) is 0.297. The van der Waals surface area contributed by atoms with Gasteiger partial charge in [0.2, 0.25) is 0 Å². The van der Waals surface area contributed by atoms with Crippen LogP contribution in [-0.2, 0) is 33.7 Å². The number of carbonyl (C=O) groups is 2. The summed E-state index contributed by atoms with van der Waals surface area (Å²) in [4.78, 5) is 33.9.